The van der Waals surface area contributed by atoms with Crippen LogP contribution in [0.25, 0.3) is 5.69 Å². The Morgan fingerprint density at radius 1 is 1.14 bits per heavy atom. The zero-order valence-electron chi connectivity index (χ0n) is 16.7. The monoisotopic (exact) mass is 392 g/mol. The van der Waals surface area contributed by atoms with Crippen LogP contribution in [0, 0.1) is 19.7 Å². The van der Waals surface area contributed by atoms with Crippen LogP contribution in [-0.4, -0.2) is 39.7 Å². The van der Waals surface area contributed by atoms with Crippen LogP contribution in [0.2, 0.25) is 0 Å². The first-order valence-electron chi connectivity index (χ1n) is 9.95. The van der Waals surface area contributed by atoms with Gasteiger partial charge in [0.15, 0.2) is 0 Å². The van der Waals surface area contributed by atoms with Crippen LogP contribution in [0.1, 0.15) is 34.6 Å². The van der Waals surface area contributed by atoms with Gasteiger partial charge in [0.1, 0.15) is 5.82 Å². The number of aromatic nitrogens is 2. The first kappa shape index (κ1) is 19.2. The van der Waals surface area contributed by atoms with E-state index in [4.69, 9.17) is 0 Å². The molecule has 2 heterocycles. The lowest BCUT2D eigenvalue weighted by Crippen LogP contribution is -2.45. The zero-order chi connectivity index (χ0) is 20.4. The molecule has 0 bridgehead atoms. The summed E-state index contributed by atoms with van der Waals surface area (Å²) in [5.41, 5.74) is 4.41. The summed E-state index contributed by atoms with van der Waals surface area (Å²) in [6.07, 6.45) is 1.91. The van der Waals surface area contributed by atoms with E-state index in [0.717, 1.165) is 42.1 Å². The van der Waals surface area contributed by atoms with Crippen LogP contribution < -0.4 is 5.32 Å². The molecule has 0 aliphatic carbocycles. The Hall–Kier alpha value is -3.15. The van der Waals surface area contributed by atoms with Crippen LogP contribution in [0.3, 0.4) is 0 Å². The van der Waals surface area contributed by atoms with E-state index < -0.39 is 0 Å². The van der Waals surface area contributed by atoms with Crippen molar-refractivity contribution in [3.8, 4) is 5.69 Å². The summed E-state index contributed by atoms with van der Waals surface area (Å²) in [7, 11) is 0. The fourth-order valence-corrected chi connectivity index (χ4v) is 3.90. The molecule has 1 aliphatic heterocycles. The Morgan fingerprint density at radius 2 is 1.93 bits per heavy atom. The first-order valence-corrected chi connectivity index (χ1v) is 9.95. The van der Waals surface area contributed by atoms with E-state index in [2.05, 4.69) is 10.4 Å². The Kier molecular flexibility index (Phi) is 5.34. The standard InChI is InChI=1S/C23H25FN4O/c1-16-13-17(2)28(26-16)22-7-3-5-18(14-22)23(29)27-12-4-6-21(15-27)25-20-10-8-19(24)9-11-20/h3,5,7-11,13-14,21,25H,4,6,12,15H2,1-2H3/t21-/m0/s1. The minimum absolute atomic E-state index is 0.0268. The van der Waals surface area contributed by atoms with Gasteiger partial charge in [0, 0.05) is 36.1 Å². The number of nitrogens with one attached hydrogen (secondary N) is 1. The van der Waals surface area contributed by atoms with E-state index >= 15 is 0 Å². The number of benzene rings is 2. The molecule has 1 atom stereocenters. The number of aryl methyl sites for hydroxylation is 2. The first-order chi connectivity index (χ1) is 14.0. The number of rotatable bonds is 4. The van der Waals surface area contributed by atoms with Crippen molar-refractivity contribution in [2.75, 3.05) is 18.4 Å². The van der Waals surface area contributed by atoms with Crippen LogP contribution >= 0.6 is 0 Å². The minimum atomic E-state index is -0.251. The summed E-state index contributed by atoms with van der Waals surface area (Å²) < 4.78 is 15.0. The second-order valence-corrected chi connectivity index (χ2v) is 7.63. The highest BCUT2D eigenvalue weighted by Gasteiger charge is 2.24. The van der Waals surface area contributed by atoms with Gasteiger partial charge in [-0.25, -0.2) is 9.07 Å². The molecule has 29 heavy (non-hydrogen) atoms. The largest absolute Gasteiger partial charge is 0.381 e. The lowest BCUT2D eigenvalue weighted by atomic mass is 10.0. The number of anilines is 1. The van der Waals surface area contributed by atoms with Crippen LogP contribution in [-0.2, 0) is 0 Å². The molecule has 1 aromatic heterocycles. The highest BCUT2D eigenvalue weighted by molar-refractivity contribution is 5.94. The SMILES string of the molecule is Cc1cc(C)n(-c2cccc(C(=O)N3CCC[C@H](Nc4ccc(F)cc4)C3)c2)n1. The van der Waals surface area contributed by atoms with Gasteiger partial charge in [-0.2, -0.15) is 5.10 Å². The van der Waals surface area contributed by atoms with E-state index in [0.29, 0.717) is 12.1 Å². The predicted molar refractivity (Wildman–Crippen MR) is 112 cm³/mol. The van der Waals surface area contributed by atoms with Crippen LogP contribution in [0.4, 0.5) is 10.1 Å². The molecule has 1 N–H and O–H groups in total. The number of carbonyl (C=O) groups excluding carboxylic acids is 1. The highest BCUT2D eigenvalue weighted by Crippen LogP contribution is 2.20. The number of nitrogens with zero attached hydrogens (tertiary/aromatic N) is 3. The molecular weight excluding hydrogens is 367 g/mol. The normalized spacial score (nSPS) is 16.7. The van der Waals surface area contributed by atoms with Crippen LogP contribution in [0.5, 0.6) is 0 Å². The number of hydrogen-bond donors (Lipinski definition) is 1. The molecule has 150 valence electrons. The second-order valence-electron chi connectivity index (χ2n) is 7.63. The molecule has 0 spiro atoms. The molecule has 2 aromatic carbocycles. The maximum atomic E-state index is 13.1. The third-order valence-electron chi connectivity index (χ3n) is 5.27. The average Bonchev–Trinajstić information content (AvgIpc) is 3.07. The maximum absolute atomic E-state index is 13.1. The van der Waals surface area contributed by atoms with E-state index in [-0.39, 0.29) is 17.8 Å². The highest BCUT2D eigenvalue weighted by atomic mass is 19.1. The second kappa shape index (κ2) is 8.07. The Bertz CT molecular complexity index is 1010. The van der Waals surface area contributed by atoms with Crippen molar-refractivity contribution in [1.29, 1.82) is 0 Å². The summed E-state index contributed by atoms with van der Waals surface area (Å²) in [5.74, 6) is -0.225. The fourth-order valence-electron chi connectivity index (χ4n) is 3.90. The molecule has 0 unspecified atom stereocenters. The molecule has 6 heteroatoms. The molecule has 1 fully saturated rings. The summed E-state index contributed by atoms with van der Waals surface area (Å²) in [4.78, 5) is 15.0. The molecule has 5 nitrogen and oxygen atoms in total. The lowest BCUT2D eigenvalue weighted by Gasteiger charge is -2.34. The summed E-state index contributed by atoms with van der Waals surface area (Å²) in [6.45, 7) is 5.33. The summed E-state index contributed by atoms with van der Waals surface area (Å²) in [6, 6.07) is 16.1. The van der Waals surface area contributed by atoms with Gasteiger partial charge in [-0.1, -0.05) is 6.07 Å². The molecule has 0 radical (unpaired) electrons. The molecule has 1 aliphatic rings. The van der Waals surface area contributed by atoms with Crippen molar-refractivity contribution in [1.82, 2.24) is 14.7 Å². The maximum Gasteiger partial charge on any atom is 0.254 e. The topological polar surface area (TPSA) is 50.2 Å². The van der Waals surface area contributed by atoms with Crippen molar-refractivity contribution in [2.24, 2.45) is 0 Å². The number of piperidine rings is 1. The number of halogens is 1. The Morgan fingerprint density at radius 3 is 2.66 bits per heavy atom. The van der Waals surface area contributed by atoms with Gasteiger partial charge in [-0.15, -0.1) is 0 Å². The predicted octanol–water partition coefficient (Wildman–Crippen LogP) is 4.34. The molecular formula is C23H25FN4O. The van der Waals surface area contributed by atoms with Gasteiger partial charge in [0.2, 0.25) is 0 Å². The quantitative estimate of drug-likeness (QED) is 0.718. The van der Waals surface area contributed by atoms with Crippen molar-refractivity contribution < 1.29 is 9.18 Å². The summed E-state index contributed by atoms with van der Waals surface area (Å²) >= 11 is 0. The average molecular weight is 392 g/mol. The molecule has 4 rings (SSSR count). The van der Waals surface area contributed by atoms with Crippen molar-refractivity contribution in [3.05, 3.63) is 77.4 Å². The van der Waals surface area contributed by atoms with E-state index in [1.54, 1.807) is 12.1 Å². The smallest absolute Gasteiger partial charge is 0.254 e. The molecule has 1 amide bonds. The third-order valence-corrected chi connectivity index (χ3v) is 5.27. The lowest BCUT2D eigenvalue weighted by molar-refractivity contribution is 0.0715. The number of hydrogen-bond acceptors (Lipinski definition) is 3. The van der Waals surface area contributed by atoms with Crippen LogP contribution in [0.15, 0.2) is 54.6 Å². The number of likely N-dealkylation sites (tertiary alicyclic amines) is 1. The molecule has 0 saturated carbocycles. The van der Waals surface area contributed by atoms with Crippen molar-refractivity contribution in [2.45, 2.75) is 32.7 Å². The fraction of sp³-hybridized carbons (Fsp3) is 0.304. The van der Waals surface area contributed by atoms with Crippen molar-refractivity contribution >= 4 is 11.6 Å². The van der Waals surface area contributed by atoms with E-state index in [1.807, 2.05) is 53.8 Å². The van der Waals surface area contributed by atoms with Gasteiger partial charge >= 0.3 is 0 Å². The minimum Gasteiger partial charge on any atom is -0.381 e. The Labute approximate surface area is 170 Å². The molecule has 3 aromatic rings. The van der Waals surface area contributed by atoms with Gasteiger partial charge in [0.05, 0.1) is 11.4 Å². The van der Waals surface area contributed by atoms with E-state index in [1.165, 1.54) is 12.1 Å². The zero-order valence-corrected chi connectivity index (χ0v) is 16.7. The van der Waals surface area contributed by atoms with E-state index in [9.17, 15) is 9.18 Å². The van der Waals surface area contributed by atoms with Gasteiger partial charge in [-0.05, 0) is 75.2 Å². The van der Waals surface area contributed by atoms with Gasteiger partial charge in [-0.3, -0.25) is 4.79 Å². The van der Waals surface area contributed by atoms with Gasteiger partial charge in [0.25, 0.3) is 5.91 Å². The Balaban J connectivity index is 1.48. The molecule has 1 saturated heterocycles. The van der Waals surface area contributed by atoms with Gasteiger partial charge < -0.3 is 10.2 Å². The van der Waals surface area contributed by atoms with Crippen molar-refractivity contribution in [3.63, 3.8) is 0 Å². The third kappa shape index (κ3) is 4.31. The summed E-state index contributed by atoms with van der Waals surface area (Å²) in [5, 5.41) is 7.93. The number of carbonyl (C=O) groups is 1. The number of amides is 1.